The molecule has 0 fully saturated rings. The highest BCUT2D eigenvalue weighted by molar-refractivity contribution is 7.22. The molecule has 1 N–H and O–H groups in total. The topological polar surface area (TPSA) is 51.2 Å². The van der Waals surface area contributed by atoms with E-state index in [0.717, 1.165) is 21.3 Å². The van der Waals surface area contributed by atoms with Crippen molar-refractivity contribution in [3.8, 4) is 5.75 Å². The fourth-order valence-electron chi connectivity index (χ4n) is 2.16. The first-order valence-electron chi connectivity index (χ1n) is 7.08. The summed E-state index contributed by atoms with van der Waals surface area (Å²) in [5.41, 5.74) is 2.82. The van der Waals surface area contributed by atoms with Crippen molar-refractivity contribution in [2.45, 2.75) is 13.8 Å². The molecule has 0 atom stereocenters. The number of anilines is 1. The smallest absolute Gasteiger partial charge is 0.264 e. The van der Waals surface area contributed by atoms with Crippen molar-refractivity contribution >= 4 is 44.2 Å². The third kappa shape index (κ3) is 3.63. The Morgan fingerprint density at radius 3 is 2.91 bits per heavy atom. The van der Waals surface area contributed by atoms with Gasteiger partial charge in [0.05, 0.1) is 10.2 Å². The van der Waals surface area contributed by atoms with E-state index in [1.807, 2.05) is 50.2 Å². The van der Waals surface area contributed by atoms with Crippen LogP contribution in [0.15, 0.2) is 36.4 Å². The van der Waals surface area contributed by atoms with Crippen molar-refractivity contribution in [3.05, 3.63) is 52.5 Å². The van der Waals surface area contributed by atoms with Gasteiger partial charge in [0.25, 0.3) is 5.91 Å². The van der Waals surface area contributed by atoms with Crippen LogP contribution in [0.25, 0.3) is 10.2 Å². The molecule has 0 radical (unpaired) electrons. The number of aryl methyl sites for hydroxylation is 2. The van der Waals surface area contributed by atoms with E-state index in [1.165, 1.54) is 11.3 Å². The Morgan fingerprint density at radius 2 is 2.13 bits per heavy atom. The summed E-state index contributed by atoms with van der Waals surface area (Å²) in [6, 6.07) is 11.3. The first-order chi connectivity index (χ1) is 11.0. The Labute approximate surface area is 143 Å². The van der Waals surface area contributed by atoms with Crippen LogP contribution in [0.3, 0.4) is 0 Å². The Morgan fingerprint density at radius 1 is 1.30 bits per heavy atom. The number of amides is 1. The zero-order chi connectivity index (χ0) is 16.4. The lowest BCUT2D eigenvalue weighted by molar-refractivity contribution is -0.118. The lowest BCUT2D eigenvalue weighted by Gasteiger charge is -2.06. The van der Waals surface area contributed by atoms with Gasteiger partial charge in [0, 0.05) is 5.02 Å². The van der Waals surface area contributed by atoms with Crippen molar-refractivity contribution < 1.29 is 9.53 Å². The van der Waals surface area contributed by atoms with Crippen LogP contribution in [0.1, 0.15) is 11.1 Å². The second-order valence-corrected chi connectivity index (χ2v) is 6.63. The molecule has 23 heavy (non-hydrogen) atoms. The first-order valence-corrected chi connectivity index (χ1v) is 8.27. The molecule has 3 aromatic rings. The average Bonchev–Trinajstić information content (AvgIpc) is 2.92. The van der Waals surface area contributed by atoms with Gasteiger partial charge in [-0.1, -0.05) is 35.1 Å². The average molecular weight is 347 g/mol. The number of carbonyl (C=O) groups excluding carboxylic acids is 1. The minimum Gasteiger partial charge on any atom is -0.484 e. The molecule has 2 aromatic carbocycles. The highest BCUT2D eigenvalue weighted by Gasteiger charge is 2.11. The van der Waals surface area contributed by atoms with Crippen LogP contribution in [-0.2, 0) is 4.79 Å². The summed E-state index contributed by atoms with van der Waals surface area (Å²) in [5.74, 6) is 0.432. The SMILES string of the molecule is Cc1cccc(OCC(=O)Nc2nc3c(C)c(Cl)ccc3s2)c1. The quantitative estimate of drug-likeness (QED) is 0.752. The van der Waals surface area contributed by atoms with Gasteiger partial charge in [0.1, 0.15) is 5.75 Å². The lowest BCUT2D eigenvalue weighted by Crippen LogP contribution is -2.20. The Hall–Kier alpha value is -2.11. The largest absolute Gasteiger partial charge is 0.484 e. The van der Waals surface area contributed by atoms with Crippen molar-refractivity contribution in [1.82, 2.24) is 4.98 Å². The van der Waals surface area contributed by atoms with E-state index >= 15 is 0 Å². The number of carbonyl (C=O) groups is 1. The van der Waals surface area contributed by atoms with E-state index < -0.39 is 0 Å². The van der Waals surface area contributed by atoms with Crippen molar-refractivity contribution in [2.24, 2.45) is 0 Å². The van der Waals surface area contributed by atoms with Gasteiger partial charge in [-0.3, -0.25) is 10.1 Å². The summed E-state index contributed by atoms with van der Waals surface area (Å²) in [5, 5.41) is 3.98. The standard InChI is InChI=1S/C17H15ClN2O2S/c1-10-4-3-5-12(8-10)22-9-15(21)19-17-20-16-11(2)13(18)6-7-14(16)23-17/h3-8H,9H2,1-2H3,(H,19,20,21). The van der Waals surface area contributed by atoms with Gasteiger partial charge in [-0.15, -0.1) is 0 Å². The lowest BCUT2D eigenvalue weighted by atomic mass is 10.2. The summed E-state index contributed by atoms with van der Waals surface area (Å²) < 4.78 is 6.47. The summed E-state index contributed by atoms with van der Waals surface area (Å²) in [6.07, 6.45) is 0. The number of rotatable bonds is 4. The van der Waals surface area contributed by atoms with Crippen molar-refractivity contribution in [3.63, 3.8) is 0 Å². The number of nitrogens with zero attached hydrogens (tertiary/aromatic N) is 1. The molecular weight excluding hydrogens is 332 g/mol. The molecule has 6 heteroatoms. The molecule has 1 heterocycles. The molecule has 0 unspecified atom stereocenters. The van der Waals surface area contributed by atoms with Crippen LogP contribution in [0.4, 0.5) is 5.13 Å². The number of aromatic nitrogens is 1. The fraction of sp³-hybridized carbons (Fsp3) is 0.176. The van der Waals surface area contributed by atoms with Gasteiger partial charge < -0.3 is 4.74 Å². The number of thiazole rings is 1. The number of ether oxygens (including phenoxy) is 1. The number of fused-ring (bicyclic) bond motifs is 1. The molecule has 0 aliphatic carbocycles. The molecule has 0 spiro atoms. The molecule has 4 nitrogen and oxygen atoms in total. The van der Waals surface area contributed by atoms with Crippen molar-refractivity contribution in [2.75, 3.05) is 11.9 Å². The molecule has 118 valence electrons. The Kier molecular flexibility index (Phi) is 4.50. The molecule has 0 bridgehead atoms. The van der Waals surface area contributed by atoms with Gasteiger partial charge in [0.15, 0.2) is 11.7 Å². The number of hydrogen-bond donors (Lipinski definition) is 1. The van der Waals surface area contributed by atoms with Gasteiger partial charge in [-0.25, -0.2) is 4.98 Å². The zero-order valence-corrected chi connectivity index (χ0v) is 14.3. The number of halogens is 1. The Bertz CT molecular complexity index is 876. The maximum absolute atomic E-state index is 12.0. The molecule has 1 amide bonds. The summed E-state index contributed by atoms with van der Waals surface area (Å²) in [4.78, 5) is 16.4. The normalized spacial score (nSPS) is 10.7. The number of nitrogens with one attached hydrogen (secondary N) is 1. The minimum absolute atomic E-state index is 0.0564. The van der Waals surface area contributed by atoms with E-state index in [-0.39, 0.29) is 12.5 Å². The van der Waals surface area contributed by atoms with Gasteiger partial charge in [-0.05, 0) is 49.2 Å². The van der Waals surface area contributed by atoms with Crippen LogP contribution in [0.5, 0.6) is 5.75 Å². The summed E-state index contributed by atoms with van der Waals surface area (Å²) in [7, 11) is 0. The van der Waals surface area contributed by atoms with Crippen LogP contribution in [0, 0.1) is 13.8 Å². The maximum Gasteiger partial charge on any atom is 0.264 e. The Balaban J connectivity index is 1.67. The van der Waals surface area contributed by atoms with Gasteiger partial charge >= 0.3 is 0 Å². The van der Waals surface area contributed by atoms with Gasteiger partial charge in [-0.2, -0.15) is 0 Å². The zero-order valence-electron chi connectivity index (χ0n) is 12.7. The highest BCUT2D eigenvalue weighted by Crippen LogP contribution is 2.31. The van der Waals surface area contributed by atoms with E-state index in [9.17, 15) is 4.79 Å². The second-order valence-electron chi connectivity index (χ2n) is 5.19. The molecule has 3 rings (SSSR count). The third-order valence-corrected chi connectivity index (χ3v) is 4.70. The second kappa shape index (κ2) is 6.56. The number of benzene rings is 2. The highest BCUT2D eigenvalue weighted by atomic mass is 35.5. The number of hydrogen-bond acceptors (Lipinski definition) is 4. The van der Waals surface area contributed by atoms with Gasteiger partial charge in [0.2, 0.25) is 0 Å². The van der Waals surface area contributed by atoms with E-state index in [1.54, 1.807) is 0 Å². The van der Waals surface area contributed by atoms with E-state index in [4.69, 9.17) is 16.3 Å². The van der Waals surface area contributed by atoms with E-state index in [0.29, 0.717) is 15.9 Å². The fourth-order valence-corrected chi connectivity index (χ4v) is 3.26. The molecule has 1 aromatic heterocycles. The summed E-state index contributed by atoms with van der Waals surface area (Å²) >= 11 is 7.51. The summed E-state index contributed by atoms with van der Waals surface area (Å²) in [6.45, 7) is 3.83. The maximum atomic E-state index is 12.0. The third-order valence-electron chi connectivity index (χ3n) is 3.35. The molecular formula is C17H15ClN2O2S. The molecule has 0 aliphatic rings. The van der Waals surface area contributed by atoms with Crippen LogP contribution in [0.2, 0.25) is 5.02 Å². The van der Waals surface area contributed by atoms with Crippen LogP contribution in [-0.4, -0.2) is 17.5 Å². The molecule has 0 aliphatic heterocycles. The van der Waals surface area contributed by atoms with E-state index in [2.05, 4.69) is 10.3 Å². The van der Waals surface area contributed by atoms with Crippen LogP contribution < -0.4 is 10.1 Å². The minimum atomic E-state index is -0.241. The molecule has 0 saturated carbocycles. The predicted molar refractivity (Wildman–Crippen MR) is 94.7 cm³/mol. The monoisotopic (exact) mass is 346 g/mol. The molecule has 0 saturated heterocycles. The first kappa shape index (κ1) is 15.8. The predicted octanol–water partition coefficient (Wildman–Crippen LogP) is 4.58. The van der Waals surface area contributed by atoms with Crippen molar-refractivity contribution in [1.29, 1.82) is 0 Å². The van der Waals surface area contributed by atoms with Crippen LogP contribution >= 0.6 is 22.9 Å².